The van der Waals surface area contributed by atoms with Gasteiger partial charge in [0.15, 0.2) is 0 Å². The first-order chi connectivity index (χ1) is 9.25. The van der Waals surface area contributed by atoms with Crippen molar-refractivity contribution in [2.45, 2.75) is 0 Å². The molecule has 19 heavy (non-hydrogen) atoms. The van der Waals surface area contributed by atoms with Crippen LogP contribution in [0.25, 0.3) is 10.8 Å². The molecule has 1 fully saturated rings. The highest BCUT2D eigenvalue weighted by Crippen LogP contribution is 2.27. The molecule has 1 aliphatic heterocycles. The van der Waals surface area contributed by atoms with Gasteiger partial charge in [-0.05, 0) is 22.9 Å². The molecule has 2 aromatic rings. The van der Waals surface area contributed by atoms with Gasteiger partial charge in [0.25, 0.3) is 0 Å². The predicted octanol–water partition coefficient (Wildman–Crippen LogP) is 1.95. The fourth-order valence-corrected chi connectivity index (χ4v) is 2.57. The maximum absolute atomic E-state index is 11.5. The van der Waals surface area contributed by atoms with Crippen molar-refractivity contribution in [1.29, 1.82) is 0 Å². The SMILES string of the molecule is O=C(O)c1cc2ccccc2cc1N1CCNCC1. The Kier molecular flexibility index (Phi) is 3.09. The van der Waals surface area contributed by atoms with Gasteiger partial charge in [-0.2, -0.15) is 0 Å². The van der Waals surface area contributed by atoms with E-state index in [2.05, 4.69) is 10.2 Å². The van der Waals surface area contributed by atoms with Gasteiger partial charge in [-0.15, -0.1) is 0 Å². The summed E-state index contributed by atoms with van der Waals surface area (Å²) in [6.07, 6.45) is 0. The minimum atomic E-state index is -0.862. The Morgan fingerprint density at radius 1 is 1.11 bits per heavy atom. The maximum atomic E-state index is 11.5. The van der Waals surface area contributed by atoms with E-state index >= 15 is 0 Å². The number of carboxylic acid groups (broad SMARTS) is 1. The summed E-state index contributed by atoms with van der Waals surface area (Å²) < 4.78 is 0. The lowest BCUT2D eigenvalue weighted by Gasteiger charge is -2.30. The quantitative estimate of drug-likeness (QED) is 0.862. The minimum absolute atomic E-state index is 0.389. The molecule has 0 unspecified atom stereocenters. The zero-order valence-electron chi connectivity index (χ0n) is 10.6. The average Bonchev–Trinajstić information content (AvgIpc) is 2.46. The van der Waals surface area contributed by atoms with Crippen molar-refractivity contribution in [3.63, 3.8) is 0 Å². The maximum Gasteiger partial charge on any atom is 0.337 e. The van der Waals surface area contributed by atoms with Crippen molar-refractivity contribution >= 4 is 22.4 Å². The summed E-state index contributed by atoms with van der Waals surface area (Å²) in [6, 6.07) is 11.6. The predicted molar refractivity (Wildman–Crippen MR) is 76.0 cm³/mol. The van der Waals surface area contributed by atoms with Gasteiger partial charge in [-0.3, -0.25) is 0 Å². The molecule has 0 saturated carbocycles. The van der Waals surface area contributed by atoms with Gasteiger partial charge in [0.05, 0.1) is 11.3 Å². The zero-order chi connectivity index (χ0) is 13.2. The molecule has 2 aromatic carbocycles. The van der Waals surface area contributed by atoms with Gasteiger partial charge in [0, 0.05) is 26.2 Å². The van der Waals surface area contributed by atoms with Gasteiger partial charge >= 0.3 is 5.97 Å². The van der Waals surface area contributed by atoms with E-state index in [1.807, 2.05) is 30.3 Å². The smallest absolute Gasteiger partial charge is 0.337 e. The van der Waals surface area contributed by atoms with Crippen LogP contribution in [-0.2, 0) is 0 Å². The Morgan fingerprint density at radius 2 is 1.74 bits per heavy atom. The second kappa shape index (κ2) is 4.90. The molecule has 2 N–H and O–H groups in total. The number of aromatic carboxylic acids is 1. The molecule has 0 aromatic heterocycles. The number of piperazine rings is 1. The number of anilines is 1. The lowest BCUT2D eigenvalue weighted by Crippen LogP contribution is -2.44. The fraction of sp³-hybridized carbons (Fsp3) is 0.267. The minimum Gasteiger partial charge on any atom is -0.478 e. The molecule has 4 nitrogen and oxygen atoms in total. The summed E-state index contributed by atoms with van der Waals surface area (Å²) in [5, 5.41) is 14.8. The lowest BCUT2D eigenvalue weighted by atomic mass is 10.0. The molecule has 0 atom stereocenters. The highest BCUT2D eigenvalue weighted by molar-refractivity contribution is 6.01. The van der Waals surface area contributed by atoms with Gasteiger partial charge in [0.1, 0.15) is 0 Å². The Morgan fingerprint density at radius 3 is 2.37 bits per heavy atom. The highest BCUT2D eigenvalue weighted by Gasteiger charge is 2.18. The van der Waals surface area contributed by atoms with E-state index in [9.17, 15) is 9.90 Å². The number of carboxylic acids is 1. The van der Waals surface area contributed by atoms with Crippen LogP contribution in [0.4, 0.5) is 5.69 Å². The van der Waals surface area contributed by atoms with Crippen molar-refractivity contribution in [1.82, 2.24) is 5.32 Å². The van der Waals surface area contributed by atoms with Crippen LogP contribution >= 0.6 is 0 Å². The normalized spacial score (nSPS) is 15.7. The van der Waals surface area contributed by atoms with E-state index in [1.165, 1.54) is 0 Å². The van der Waals surface area contributed by atoms with E-state index in [0.717, 1.165) is 42.6 Å². The van der Waals surface area contributed by atoms with Crippen molar-refractivity contribution in [3.05, 3.63) is 42.0 Å². The van der Waals surface area contributed by atoms with Gasteiger partial charge in [-0.1, -0.05) is 24.3 Å². The van der Waals surface area contributed by atoms with Crippen molar-refractivity contribution < 1.29 is 9.90 Å². The van der Waals surface area contributed by atoms with Crippen LogP contribution in [-0.4, -0.2) is 37.3 Å². The number of nitrogens with zero attached hydrogens (tertiary/aromatic N) is 1. The van der Waals surface area contributed by atoms with Crippen LogP contribution in [0.5, 0.6) is 0 Å². The topological polar surface area (TPSA) is 52.6 Å². The van der Waals surface area contributed by atoms with Crippen molar-refractivity contribution in [2.24, 2.45) is 0 Å². The molecule has 4 heteroatoms. The summed E-state index contributed by atoms with van der Waals surface area (Å²) in [5.74, 6) is -0.862. The molecule has 0 spiro atoms. The molecule has 1 heterocycles. The molecule has 0 radical (unpaired) electrons. The summed E-state index contributed by atoms with van der Waals surface area (Å²) >= 11 is 0. The van der Waals surface area contributed by atoms with Crippen LogP contribution in [0.3, 0.4) is 0 Å². The second-order valence-corrected chi connectivity index (χ2v) is 4.76. The van der Waals surface area contributed by atoms with Crippen LogP contribution in [0.2, 0.25) is 0 Å². The van der Waals surface area contributed by atoms with Crippen LogP contribution in [0, 0.1) is 0 Å². The summed E-state index contributed by atoms with van der Waals surface area (Å²) in [6.45, 7) is 3.48. The largest absolute Gasteiger partial charge is 0.478 e. The second-order valence-electron chi connectivity index (χ2n) is 4.76. The fourth-order valence-electron chi connectivity index (χ4n) is 2.57. The highest BCUT2D eigenvalue weighted by atomic mass is 16.4. The lowest BCUT2D eigenvalue weighted by molar-refractivity contribution is 0.0697. The number of rotatable bonds is 2. The third-order valence-corrected chi connectivity index (χ3v) is 3.55. The van der Waals surface area contributed by atoms with Crippen LogP contribution < -0.4 is 10.2 Å². The Balaban J connectivity index is 2.14. The van der Waals surface area contributed by atoms with Crippen LogP contribution in [0.15, 0.2) is 36.4 Å². The number of hydrogen-bond acceptors (Lipinski definition) is 3. The third kappa shape index (κ3) is 2.27. The number of hydrogen-bond donors (Lipinski definition) is 2. The number of nitrogens with one attached hydrogen (secondary N) is 1. The molecule has 1 aliphatic rings. The molecule has 98 valence electrons. The number of fused-ring (bicyclic) bond motifs is 1. The molecule has 3 rings (SSSR count). The molecule has 0 bridgehead atoms. The van der Waals surface area contributed by atoms with E-state index in [-0.39, 0.29) is 0 Å². The first-order valence-electron chi connectivity index (χ1n) is 6.47. The van der Waals surface area contributed by atoms with E-state index < -0.39 is 5.97 Å². The average molecular weight is 256 g/mol. The van der Waals surface area contributed by atoms with E-state index in [0.29, 0.717) is 5.56 Å². The van der Waals surface area contributed by atoms with Gasteiger partial charge in [0.2, 0.25) is 0 Å². The van der Waals surface area contributed by atoms with Crippen LogP contribution in [0.1, 0.15) is 10.4 Å². The molecule has 0 amide bonds. The summed E-state index contributed by atoms with van der Waals surface area (Å²) in [7, 11) is 0. The number of benzene rings is 2. The monoisotopic (exact) mass is 256 g/mol. The first-order valence-corrected chi connectivity index (χ1v) is 6.47. The third-order valence-electron chi connectivity index (χ3n) is 3.55. The molecular formula is C15H16N2O2. The molecule has 0 aliphatic carbocycles. The van der Waals surface area contributed by atoms with Crippen molar-refractivity contribution in [2.75, 3.05) is 31.1 Å². The van der Waals surface area contributed by atoms with E-state index in [1.54, 1.807) is 6.07 Å². The molecular weight excluding hydrogens is 240 g/mol. The number of carbonyl (C=O) groups is 1. The van der Waals surface area contributed by atoms with Gasteiger partial charge < -0.3 is 15.3 Å². The Labute approximate surface area is 111 Å². The first kappa shape index (κ1) is 12.0. The van der Waals surface area contributed by atoms with Crippen molar-refractivity contribution in [3.8, 4) is 0 Å². The Bertz CT molecular complexity index is 619. The molecule has 1 saturated heterocycles. The Hall–Kier alpha value is -2.07. The summed E-state index contributed by atoms with van der Waals surface area (Å²) in [5.41, 5.74) is 1.22. The van der Waals surface area contributed by atoms with Gasteiger partial charge in [-0.25, -0.2) is 4.79 Å². The van der Waals surface area contributed by atoms with E-state index in [4.69, 9.17) is 0 Å². The standard InChI is InChI=1S/C15H16N2O2/c18-15(19)13-9-11-3-1-2-4-12(11)10-14(13)17-7-5-16-6-8-17/h1-4,9-10,16H,5-8H2,(H,18,19). The zero-order valence-corrected chi connectivity index (χ0v) is 10.6. The summed E-state index contributed by atoms with van der Waals surface area (Å²) in [4.78, 5) is 13.6.